The average molecular weight is 310 g/mol. The number of nitrogens with one attached hydrogen (secondary N) is 1. The van der Waals surface area contributed by atoms with Crippen molar-refractivity contribution in [3.63, 3.8) is 0 Å². The number of alkyl halides is 3. The van der Waals surface area contributed by atoms with Crippen molar-refractivity contribution in [2.75, 3.05) is 13.2 Å². The van der Waals surface area contributed by atoms with E-state index in [1.165, 1.54) is 25.1 Å². The van der Waals surface area contributed by atoms with E-state index in [0.29, 0.717) is 5.02 Å². The fraction of sp³-hybridized carbons (Fsp3) is 0.333. The molecule has 0 bridgehead atoms. The summed E-state index contributed by atoms with van der Waals surface area (Å²) in [5.41, 5.74) is 0.154. The zero-order chi connectivity index (χ0) is 15.3. The minimum absolute atomic E-state index is 0.0871. The van der Waals surface area contributed by atoms with Crippen LogP contribution in [0.2, 0.25) is 5.02 Å². The SMILES string of the molecule is CC(=O)c1cc(Cl)ccc1OCC(=O)NCC(F)(F)F. The van der Waals surface area contributed by atoms with Crippen molar-refractivity contribution < 1.29 is 27.5 Å². The highest BCUT2D eigenvalue weighted by atomic mass is 35.5. The van der Waals surface area contributed by atoms with Crippen molar-refractivity contribution >= 4 is 23.3 Å². The lowest BCUT2D eigenvalue weighted by Gasteiger charge is -2.11. The van der Waals surface area contributed by atoms with Crippen LogP contribution in [0.1, 0.15) is 17.3 Å². The quantitative estimate of drug-likeness (QED) is 0.851. The van der Waals surface area contributed by atoms with Gasteiger partial charge in [0.05, 0.1) is 5.56 Å². The lowest BCUT2D eigenvalue weighted by atomic mass is 10.1. The molecule has 8 heteroatoms. The summed E-state index contributed by atoms with van der Waals surface area (Å²) in [7, 11) is 0. The number of carbonyl (C=O) groups is 2. The van der Waals surface area contributed by atoms with Gasteiger partial charge in [0.15, 0.2) is 12.4 Å². The van der Waals surface area contributed by atoms with E-state index in [-0.39, 0.29) is 17.1 Å². The molecule has 0 aliphatic rings. The van der Waals surface area contributed by atoms with Crippen molar-refractivity contribution in [2.45, 2.75) is 13.1 Å². The summed E-state index contributed by atoms with van der Waals surface area (Å²) in [6.45, 7) is -0.782. The van der Waals surface area contributed by atoms with E-state index >= 15 is 0 Å². The Morgan fingerprint density at radius 3 is 2.55 bits per heavy atom. The van der Waals surface area contributed by atoms with E-state index in [2.05, 4.69) is 0 Å². The van der Waals surface area contributed by atoms with Crippen LogP contribution in [0.5, 0.6) is 5.75 Å². The van der Waals surface area contributed by atoms with Gasteiger partial charge in [0.1, 0.15) is 12.3 Å². The molecule has 0 aliphatic heterocycles. The van der Waals surface area contributed by atoms with Gasteiger partial charge in [-0.3, -0.25) is 9.59 Å². The summed E-state index contributed by atoms with van der Waals surface area (Å²) >= 11 is 5.71. The van der Waals surface area contributed by atoms with E-state index in [4.69, 9.17) is 16.3 Å². The molecule has 1 aromatic carbocycles. The minimum Gasteiger partial charge on any atom is -0.483 e. The Bertz CT molecular complexity index is 517. The van der Waals surface area contributed by atoms with E-state index in [1.54, 1.807) is 5.32 Å². The molecule has 0 atom stereocenters. The number of amides is 1. The Labute approximate surface area is 117 Å². The van der Waals surface area contributed by atoms with Crippen molar-refractivity contribution in [3.8, 4) is 5.75 Å². The molecule has 1 rings (SSSR count). The molecule has 0 fully saturated rings. The van der Waals surface area contributed by atoms with Crippen LogP contribution in [0.15, 0.2) is 18.2 Å². The first-order valence-electron chi connectivity index (χ1n) is 5.46. The van der Waals surface area contributed by atoms with Crippen LogP contribution in [0.25, 0.3) is 0 Å². The largest absolute Gasteiger partial charge is 0.483 e. The van der Waals surface area contributed by atoms with Gasteiger partial charge >= 0.3 is 6.18 Å². The zero-order valence-corrected chi connectivity index (χ0v) is 11.1. The van der Waals surface area contributed by atoms with E-state index in [9.17, 15) is 22.8 Å². The summed E-state index contributed by atoms with van der Waals surface area (Å²) in [5.74, 6) is -1.19. The molecular formula is C12H11ClF3NO3. The Morgan fingerprint density at radius 2 is 2.00 bits per heavy atom. The van der Waals surface area contributed by atoms with Crippen molar-refractivity contribution in [1.29, 1.82) is 0 Å². The van der Waals surface area contributed by atoms with Crippen LogP contribution in [0, 0.1) is 0 Å². The normalized spacial score (nSPS) is 11.1. The molecule has 0 radical (unpaired) electrons. The fourth-order valence-electron chi connectivity index (χ4n) is 1.30. The first-order chi connectivity index (χ1) is 9.19. The summed E-state index contributed by atoms with van der Waals surface area (Å²) < 4.78 is 40.7. The topological polar surface area (TPSA) is 55.4 Å². The molecule has 0 saturated carbocycles. The summed E-state index contributed by atoms with van der Waals surface area (Å²) in [6.07, 6.45) is -4.49. The monoisotopic (exact) mass is 309 g/mol. The molecular weight excluding hydrogens is 299 g/mol. The predicted octanol–water partition coefficient (Wildman–Crippen LogP) is 2.60. The molecule has 0 saturated heterocycles. The number of rotatable bonds is 5. The lowest BCUT2D eigenvalue weighted by Crippen LogP contribution is -2.36. The van der Waals surface area contributed by atoms with Crippen LogP contribution in [0.4, 0.5) is 13.2 Å². The van der Waals surface area contributed by atoms with Crippen molar-refractivity contribution in [2.24, 2.45) is 0 Å². The van der Waals surface area contributed by atoms with Crippen LogP contribution in [-0.2, 0) is 4.79 Å². The summed E-state index contributed by atoms with van der Waals surface area (Å²) in [4.78, 5) is 22.5. The van der Waals surface area contributed by atoms with E-state index in [1.807, 2.05) is 0 Å². The number of benzene rings is 1. The third kappa shape index (κ3) is 5.48. The van der Waals surface area contributed by atoms with Gasteiger partial charge in [-0.25, -0.2) is 0 Å². The van der Waals surface area contributed by atoms with Gasteiger partial charge in [-0.1, -0.05) is 11.6 Å². The van der Waals surface area contributed by atoms with Crippen LogP contribution < -0.4 is 10.1 Å². The number of Topliss-reactive ketones (excluding diaryl/α,β-unsaturated/α-hetero) is 1. The first kappa shape index (κ1) is 16.3. The van der Waals surface area contributed by atoms with E-state index in [0.717, 1.165) is 0 Å². The highest BCUT2D eigenvalue weighted by Gasteiger charge is 2.27. The number of hydrogen-bond acceptors (Lipinski definition) is 3. The Hall–Kier alpha value is -1.76. The third-order valence-corrected chi connectivity index (χ3v) is 2.40. The second-order valence-corrected chi connectivity index (χ2v) is 4.31. The first-order valence-corrected chi connectivity index (χ1v) is 5.83. The molecule has 0 unspecified atom stereocenters. The number of carbonyl (C=O) groups excluding carboxylic acids is 2. The standard InChI is InChI=1S/C12H11ClF3NO3/c1-7(18)9-4-8(13)2-3-10(9)20-5-11(19)17-6-12(14,15)16/h2-4H,5-6H2,1H3,(H,17,19). The molecule has 1 aromatic rings. The van der Waals surface area contributed by atoms with Gasteiger partial charge in [-0.05, 0) is 25.1 Å². The molecule has 0 aromatic heterocycles. The lowest BCUT2D eigenvalue weighted by molar-refractivity contribution is -0.139. The van der Waals surface area contributed by atoms with Crippen LogP contribution in [-0.4, -0.2) is 31.0 Å². The van der Waals surface area contributed by atoms with Crippen LogP contribution >= 0.6 is 11.6 Å². The predicted molar refractivity (Wildman–Crippen MR) is 66.0 cm³/mol. The molecule has 4 nitrogen and oxygen atoms in total. The van der Waals surface area contributed by atoms with Crippen LogP contribution in [0.3, 0.4) is 0 Å². The van der Waals surface area contributed by atoms with Gasteiger partial charge in [0.2, 0.25) is 0 Å². The Kier molecular flexibility index (Phi) is 5.38. The van der Waals surface area contributed by atoms with Gasteiger partial charge in [-0.2, -0.15) is 13.2 Å². The Morgan fingerprint density at radius 1 is 1.35 bits per heavy atom. The summed E-state index contributed by atoms with van der Waals surface area (Å²) in [6, 6.07) is 4.17. The number of ether oxygens (including phenoxy) is 1. The Balaban J connectivity index is 2.62. The fourth-order valence-corrected chi connectivity index (χ4v) is 1.47. The second kappa shape index (κ2) is 6.60. The summed E-state index contributed by atoms with van der Waals surface area (Å²) in [5, 5.41) is 1.96. The maximum atomic E-state index is 11.9. The number of hydrogen-bond donors (Lipinski definition) is 1. The van der Waals surface area contributed by atoms with Gasteiger partial charge in [0.25, 0.3) is 5.91 Å². The average Bonchev–Trinajstić information content (AvgIpc) is 2.33. The number of ketones is 1. The second-order valence-electron chi connectivity index (χ2n) is 3.88. The van der Waals surface area contributed by atoms with Gasteiger partial charge < -0.3 is 10.1 Å². The molecule has 110 valence electrons. The molecule has 0 aliphatic carbocycles. The van der Waals surface area contributed by atoms with Gasteiger partial charge in [0, 0.05) is 5.02 Å². The molecule has 0 heterocycles. The number of halogens is 4. The van der Waals surface area contributed by atoms with E-state index < -0.39 is 25.2 Å². The third-order valence-electron chi connectivity index (χ3n) is 2.17. The maximum Gasteiger partial charge on any atom is 0.405 e. The smallest absolute Gasteiger partial charge is 0.405 e. The zero-order valence-electron chi connectivity index (χ0n) is 10.4. The van der Waals surface area contributed by atoms with Gasteiger partial charge in [-0.15, -0.1) is 0 Å². The highest BCUT2D eigenvalue weighted by Crippen LogP contribution is 2.23. The molecule has 1 amide bonds. The van der Waals surface area contributed by atoms with Crippen molar-refractivity contribution in [1.82, 2.24) is 5.32 Å². The molecule has 0 spiro atoms. The molecule has 20 heavy (non-hydrogen) atoms. The highest BCUT2D eigenvalue weighted by molar-refractivity contribution is 6.31. The maximum absolute atomic E-state index is 11.9. The van der Waals surface area contributed by atoms with Crippen molar-refractivity contribution in [3.05, 3.63) is 28.8 Å². The minimum atomic E-state index is -4.49. The molecule has 1 N–H and O–H groups in total.